The normalized spacial score (nSPS) is 21.9. The fourth-order valence-electron chi connectivity index (χ4n) is 3.10. The van der Waals surface area contributed by atoms with E-state index in [0.717, 1.165) is 10.8 Å². The molecule has 1 aliphatic rings. The predicted octanol–water partition coefficient (Wildman–Crippen LogP) is 1.07. The SMILES string of the molecule is CCNC(=O)[C@@H]1C[C@@H](N)CN1S(=O)(=O)c1ccc2ccccc2c1. The third kappa shape index (κ3) is 3.02. The molecule has 0 radical (unpaired) electrons. The van der Waals surface area contributed by atoms with Gasteiger partial charge in [0.1, 0.15) is 6.04 Å². The highest BCUT2D eigenvalue weighted by Crippen LogP contribution is 2.28. The lowest BCUT2D eigenvalue weighted by Gasteiger charge is -2.23. The van der Waals surface area contributed by atoms with Gasteiger partial charge in [-0.15, -0.1) is 0 Å². The van der Waals surface area contributed by atoms with Crippen molar-refractivity contribution >= 4 is 26.7 Å². The fourth-order valence-corrected chi connectivity index (χ4v) is 4.79. The van der Waals surface area contributed by atoms with E-state index in [1.54, 1.807) is 25.1 Å². The van der Waals surface area contributed by atoms with Crippen LogP contribution in [0.15, 0.2) is 47.4 Å². The molecule has 3 N–H and O–H groups in total. The number of rotatable bonds is 4. The maximum Gasteiger partial charge on any atom is 0.243 e. The van der Waals surface area contributed by atoms with Crippen molar-refractivity contribution < 1.29 is 13.2 Å². The first-order chi connectivity index (χ1) is 11.4. The Balaban J connectivity index is 1.99. The molecule has 24 heavy (non-hydrogen) atoms. The molecular weight excluding hydrogens is 326 g/mol. The number of nitrogens with two attached hydrogens (primary N) is 1. The molecule has 7 heteroatoms. The van der Waals surface area contributed by atoms with Crippen molar-refractivity contribution in [1.29, 1.82) is 0 Å². The number of fused-ring (bicyclic) bond motifs is 1. The van der Waals surface area contributed by atoms with E-state index in [2.05, 4.69) is 5.32 Å². The summed E-state index contributed by atoms with van der Waals surface area (Å²) in [4.78, 5) is 12.4. The van der Waals surface area contributed by atoms with E-state index in [1.165, 1.54) is 4.31 Å². The quantitative estimate of drug-likeness (QED) is 0.865. The number of carbonyl (C=O) groups is 1. The zero-order valence-electron chi connectivity index (χ0n) is 13.5. The highest BCUT2D eigenvalue weighted by molar-refractivity contribution is 7.89. The average Bonchev–Trinajstić information content (AvgIpc) is 2.97. The Labute approximate surface area is 141 Å². The van der Waals surface area contributed by atoms with Gasteiger partial charge in [-0.05, 0) is 36.2 Å². The maximum atomic E-state index is 13.0. The molecule has 1 heterocycles. The van der Waals surface area contributed by atoms with Gasteiger partial charge in [0.2, 0.25) is 15.9 Å². The van der Waals surface area contributed by atoms with E-state index in [9.17, 15) is 13.2 Å². The van der Waals surface area contributed by atoms with Crippen LogP contribution in [0.5, 0.6) is 0 Å². The molecular formula is C17H21N3O3S. The van der Waals surface area contributed by atoms with Gasteiger partial charge in [-0.1, -0.05) is 30.3 Å². The molecule has 6 nitrogen and oxygen atoms in total. The fraction of sp³-hybridized carbons (Fsp3) is 0.353. The number of nitrogens with one attached hydrogen (secondary N) is 1. The van der Waals surface area contributed by atoms with Gasteiger partial charge in [0.15, 0.2) is 0 Å². The van der Waals surface area contributed by atoms with Gasteiger partial charge in [-0.3, -0.25) is 4.79 Å². The summed E-state index contributed by atoms with van der Waals surface area (Å²) < 4.78 is 27.3. The van der Waals surface area contributed by atoms with Crippen LogP contribution >= 0.6 is 0 Å². The summed E-state index contributed by atoms with van der Waals surface area (Å²) in [7, 11) is -3.78. The van der Waals surface area contributed by atoms with E-state index < -0.39 is 16.1 Å². The summed E-state index contributed by atoms with van der Waals surface area (Å²) in [5, 5.41) is 4.50. The van der Waals surface area contributed by atoms with Crippen molar-refractivity contribution in [1.82, 2.24) is 9.62 Å². The second-order valence-electron chi connectivity index (χ2n) is 5.99. The first-order valence-electron chi connectivity index (χ1n) is 7.97. The maximum absolute atomic E-state index is 13.0. The highest BCUT2D eigenvalue weighted by Gasteiger charge is 2.42. The molecule has 0 saturated carbocycles. The third-order valence-electron chi connectivity index (χ3n) is 4.27. The van der Waals surface area contributed by atoms with Gasteiger partial charge in [-0.2, -0.15) is 4.31 Å². The zero-order valence-corrected chi connectivity index (χ0v) is 14.3. The van der Waals surface area contributed by atoms with Crippen molar-refractivity contribution in [2.75, 3.05) is 13.1 Å². The molecule has 0 aromatic heterocycles. The number of likely N-dealkylation sites (N-methyl/N-ethyl adjacent to an activating group) is 1. The average molecular weight is 347 g/mol. The van der Waals surface area contributed by atoms with Crippen molar-refractivity contribution in [2.24, 2.45) is 5.73 Å². The first kappa shape index (κ1) is 16.9. The van der Waals surface area contributed by atoms with Crippen LogP contribution in [-0.4, -0.2) is 43.8 Å². The van der Waals surface area contributed by atoms with E-state index in [-0.39, 0.29) is 23.4 Å². The van der Waals surface area contributed by atoms with Crippen LogP contribution in [0.2, 0.25) is 0 Å². The zero-order chi connectivity index (χ0) is 17.3. The Morgan fingerprint density at radius 2 is 1.96 bits per heavy atom. The topological polar surface area (TPSA) is 92.5 Å². The van der Waals surface area contributed by atoms with Gasteiger partial charge in [0.05, 0.1) is 4.90 Å². The van der Waals surface area contributed by atoms with Crippen LogP contribution in [-0.2, 0) is 14.8 Å². The van der Waals surface area contributed by atoms with E-state index in [4.69, 9.17) is 5.73 Å². The summed E-state index contributed by atoms with van der Waals surface area (Å²) in [6.45, 7) is 2.40. The lowest BCUT2D eigenvalue weighted by Crippen LogP contribution is -2.45. The Morgan fingerprint density at radius 1 is 1.25 bits per heavy atom. The summed E-state index contributed by atoms with van der Waals surface area (Å²) in [6.07, 6.45) is 0.332. The van der Waals surface area contributed by atoms with Crippen LogP contribution in [0, 0.1) is 0 Å². The molecule has 1 saturated heterocycles. The second kappa shape index (κ2) is 6.51. The summed E-state index contributed by atoms with van der Waals surface area (Å²) in [6, 6.07) is 11.5. The van der Waals surface area contributed by atoms with E-state index in [0.29, 0.717) is 13.0 Å². The summed E-state index contributed by atoms with van der Waals surface area (Å²) in [5.74, 6) is -0.296. The van der Waals surface area contributed by atoms with Crippen molar-refractivity contribution in [2.45, 2.75) is 30.3 Å². The highest BCUT2D eigenvalue weighted by atomic mass is 32.2. The number of sulfonamides is 1. The first-order valence-corrected chi connectivity index (χ1v) is 9.41. The summed E-state index contributed by atoms with van der Waals surface area (Å²) >= 11 is 0. The number of amides is 1. The Bertz CT molecular complexity index is 866. The van der Waals surface area contributed by atoms with Crippen molar-refractivity contribution in [3.05, 3.63) is 42.5 Å². The number of benzene rings is 2. The number of hydrogen-bond acceptors (Lipinski definition) is 4. The smallest absolute Gasteiger partial charge is 0.243 e. The van der Waals surface area contributed by atoms with Crippen LogP contribution in [0.1, 0.15) is 13.3 Å². The number of carbonyl (C=O) groups excluding carboxylic acids is 1. The molecule has 0 bridgehead atoms. The number of nitrogens with zero attached hydrogens (tertiary/aromatic N) is 1. The molecule has 0 spiro atoms. The molecule has 3 rings (SSSR count). The van der Waals surface area contributed by atoms with Gasteiger partial charge < -0.3 is 11.1 Å². The molecule has 2 aromatic carbocycles. The number of hydrogen-bond donors (Lipinski definition) is 2. The monoisotopic (exact) mass is 347 g/mol. The predicted molar refractivity (Wildman–Crippen MR) is 92.9 cm³/mol. The molecule has 1 amide bonds. The Morgan fingerprint density at radius 3 is 2.67 bits per heavy atom. The lowest BCUT2D eigenvalue weighted by molar-refractivity contribution is -0.124. The van der Waals surface area contributed by atoms with Gasteiger partial charge >= 0.3 is 0 Å². The van der Waals surface area contributed by atoms with Crippen molar-refractivity contribution in [3.8, 4) is 0 Å². The van der Waals surface area contributed by atoms with E-state index >= 15 is 0 Å². The van der Waals surface area contributed by atoms with E-state index in [1.807, 2.05) is 24.3 Å². The molecule has 1 aliphatic heterocycles. The largest absolute Gasteiger partial charge is 0.355 e. The molecule has 0 unspecified atom stereocenters. The molecule has 0 aliphatic carbocycles. The minimum absolute atomic E-state index is 0.150. The minimum atomic E-state index is -3.78. The van der Waals surface area contributed by atoms with Gasteiger partial charge in [-0.25, -0.2) is 8.42 Å². The molecule has 1 fully saturated rings. The second-order valence-corrected chi connectivity index (χ2v) is 7.88. The Kier molecular flexibility index (Phi) is 4.58. The lowest BCUT2D eigenvalue weighted by atomic mass is 10.1. The minimum Gasteiger partial charge on any atom is -0.355 e. The Hall–Kier alpha value is -1.96. The molecule has 2 aromatic rings. The molecule has 128 valence electrons. The third-order valence-corrected chi connectivity index (χ3v) is 6.14. The van der Waals surface area contributed by atoms with Crippen LogP contribution < -0.4 is 11.1 Å². The standard InChI is InChI=1S/C17H21N3O3S/c1-2-19-17(21)16-10-14(18)11-20(16)24(22,23)15-8-7-12-5-3-4-6-13(12)9-15/h3-9,14,16H,2,10-11,18H2,1H3,(H,19,21)/t14-,16+/m1/s1. The van der Waals surface area contributed by atoms with Crippen LogP contribution in [0.3, 0.4) is 0 Å². The van der Waals surface area contributed by atoms with Crippen molar-refractivity contribution in [3.63, 3.8) is 0 Å². The van der Waals surface area contributed by atoms with Gasteiger partial charge in [0.25, 0.3) is 0 Å². The van der Waals surface area contributed by atoms with Crippen LogP contribution in [0.4, 0.5) is 0 Å². The van der Waals surface area contributed by atoms with Gasteiger partial charge in [0, 0.05) is 19.1 Å². The summed E-state index contributed by atoms with van der Waals surface area (Å²) in [5.41, 5.74) is 5.93. The van der Waals surface area contributed by atoms with Crippen LogP contribution in [0.25, 0.3) is 10.8 Å². The molecule has 2 atom stereocenters.